The van der Waals surface area contributed by atoms with Crippen molar-refractivity contribution in [2.75, 3.05) is 13.7 Å². The summed E-state index contributed by atoms with van der Waals surface area (Å²) in [4.78, 5) is 0. The summed E-state index contributed by atoms with van der Waals surface area (Å²) in [6.07, 6.45) is 0.840. The number of hydrogen-bond donors (Lipinski definition) is 1. The fourth-order valence-electron chi connectivity index (χ4n) is 2.51. The topological polar surface area (TPSA) is 21.3 Å². The first-order chi connectivity index (χ1) is 10.2. The van der Waals surface area contributed by atoms with E-state index in [9.17, 15) is 4.39 Å². The lowest BCUT2D eigenvalue weighted by atomic mass is 9.96. The molecule has 21 heavy (non-hydrogen) atoms. The monoisotopic (exact) mass is 287 g/mol. The zero-order valence-electron chi connectivity index (χ0n) is 12.8. The van der Waals surface area contributed by atoms with Gasteiger partial charge in [-0.2, -0.15) is 0 Å². The maximum absolute atomic E-state index is 13.9. The second-order valence-electron chi connectivity index (χ2n) is 5.13. The second kappa shape index (κ2) is 7.23. The highest BCUT2D eigenvalue weighted by Gasteiger charge is 2.14. The quantitative estimate of drug-likeness (QED) is 0.866. The molecule has 0 saturated heterocycles. The average Bonchev–Trinajstić information content (AvgIpc) is 2.49. The van der Waals surface area contributed by atoms with Crippen LogP contribution < -0.4 is 10.1 Å². The van der Waals surface area contributed by atoms with Gasteiger partial charge in [0.1, 0.15) is 0 Å². The van der Waals surface area contributed by atoms with Crippen LogP contribution in [-0.2, 0) is 6.42 Å². The molecule has 112 valence electrons. The Morgan fingerprint density at radius 1 is 1.19 bits per heavy atom. The van der Waals surface area contributed by atoms with Crippen LogP contribution in [0.3, 0.4) is 0 Å². The van der Waals surface area contributed by atoms with Gasteiger partial charge >= 0.3 is 0 Å². The molecule has 0 spiro atoms. The molecule has 0 aliphatic carbocycles. The summed E-state index contributed by atoms with van der Waals surface area (Å²) < 4.78 is 18.9. The van der Waals surface area contributed by atoms with E-state index >= 15 is 0 Å². The van der Waals surface area contributed by atoms with E-state index in [2.05, 4.69) is 31.3 Å². The van der Waals surface area contributed by atoms with Gasteiger partial charge in [0, 0.05) is 6.04 Å². The first-order valence-electron chi connectivity index (χ1n) is 7.27. The summed E-state index contributed by atoms with van der Waals surface area (Å²) in [6, 6.07) is 13.6. The maximum Gasteiger partial charge on any atom is 0.165 e. The smallest absolute Gasteiger partial charge is 0.165 e. The lowest BCUT2D eigenvalue weighted by Crippen LogP contribution is -2.23. The van der Waals surface area contributed by atoms with Crippen molar-refractivity contribution < 1.29 is 9.13 Å². The molecule has 0 heterocycles. The third kappa shape index (κ3) is 3.82. The van der Waals surface area contributed by atoms with Gasteiger partial charge in [-0.1, -0.05) is 37.3 Å². The van der Waals surface area contributed by atoms with Crippen molar-refractivity contribution >= 4 is 0 Å². The van der Waals surface area contributed by atoms with E-state index in [1.807, 2.05) is 18.2 Å². The molecule has 0 fully saturated rings. The molecule has 2 rings (SSSR count). The minimum atomic E-state index is -0.317. The van der Waals surface area contributed by atoms with Gasteiger partial charge in [0.05, 0.1) is 7.11 Å². The number of aryl methyl sites for hydroxylation is 1. The van der Waals surface area contributed by atoms with Crippen molar-refractivity contribution in [2.24, 2.45) is 0 Å². The van der Waals surface area contributed by atoms with Gasteiger partial charge in [-0.25, -0.2) is 4.39 Å². The fourth-order valence-corrected chi connectivity index (χ4v) is 2.51. The Kier molecular flexibility index (Phi) is 5.34. The van der Waals surface area contributed by atoms with E-state index < -0.39 is 0 Å². The molecule has 0 bridgehead atoms. The van der Waals surface area contributed by atoms with Crippen molar-refractivity contribution in [2.45, 2.75) is 26.3 Å². The Morgan fingerprint density at radius 3 is 2.57 bits per heavy atom. The largest absolute Gasteiger partial charge is 0.494 e. The van der Waals surface area contributed by atoms with Gasteiger partial charge in [-0.15, -0.1) is 0 Å². The third-order valence-corrected chi connectivity index (χ3v) is 3.71. The van der Waals surface area contributed by atoms with Crippen LogP contribution in [0.15, 0.2) is 42.5 Å². The molecule has 0 aliphatic rings. The molecule has 1 unspecified atom stereocenters. The highest BCUT2D eigenvalue weighted by molar-refractivity contribution is 5.33. The lowest BCUT2D eigenvalue weighted by Gasteiger charge is -2.20. The van der Waals surface area contributed by atoms with Gasteiger partial charge in [-0.3, -0.25) is 0 Å². The Hall–Kier alpha value is -1.87. The van der Waals surface area contributed by atoms with E-state index in [0.717, 1.165) is 18.5 Å². The number of nitrogens with one attached hydrogen (secondary N) is 1. The Labute approximate surface area is 126 Å². The van der Waals surface area contributed by atoms with Gasteiger partial charge in [0.25, 0.3) is 0 Å². The fraction of sp³-hybridized carbons (Fsp3) is 0.333. The Bertz CT molecular complexity index is 598. The van der Waals surface area contributed by atoms with Gasteiger partial charge < -0.3 is 10.1 Å². The summed E-state index contributed by atoms with van der Waals surface area (Å²) in [5, 5.41) is 3.43. The molecule has 0 aromatic heterocycles. The number of likely N-dealkylation sites (N-methyl/N-ethyl adjacent to an activating group) is 1. The van der Waals surface area contributed by atoms with E-state index in [0.29, 0.717) is 0 Å². The van der Waals surface area contributed by atoms with Gasteiger partial charge in [0.2, 0.25) is 0 Å². The number of hydrogen-bond acceptors (Lipinski definition) is 2. The molecule has 1 N–H and O–H groups in total. The van der Waals surface area contributed by atoms with E-state index in [4.69, 9.17) is 4.74 Å². The summed E-state index contributed by atoms with van der Waals surface area (Å²) in [6.45, 7) is 5.00. The standard InChI is InChI=1S/C18H22FNO/c1-4-20-17(12-14-8-6-5-7-13(14)2)15-9-10-18(21-3)16(19)11-15/h5-11,17,20H,4,12H2,1-3H3. The molecule has 0 aliphatic heterocycles. The predicted molar refractivity (Wildman–Crippen MR) is 84.3 cm³/mol. The van der Waals surface area contributed by atoms with Crippen LogP contribution in [0.1, 0.15) is 29.7 Å². The van der Waals surface area contributed by atoms with E-state index in [1.165, 1.54) is 18.2 Å². The van der Waals surface area contributed by atoms with E-state index in [1.54, 1.807) is 12.1 Å². The zero-order valence-corrected chi connectivity index (χ0v) is 12.8. The molecule has 2 aromatic rings. The van der Waals surface area contributed by atoms with Crippen molar-refractivity contribution in [3.05, 3.63) is 65.0 Å². The van der Waals surface area contributed by atoms with Crippen molar-refractivity contribution in [1.82, 2.24) is 5.32 Å². The number of halogens is 1. The number of methoxy groups -OCH3 is 1. The van der Waals surface area contributed by atoms with Crippen molar-refractivity contribution in [3.63, 3.8) is 0 Å². The average molecular weight is 287 g/mol. The van der Waals surface area contributed by atoms with Crippen LogP contribution in [-0.4, -0.2) is 13.7 Å². The van der Waals surface area contributed by atoms with Crippen LogP contribution in [0.5, 0.6) is 5.75 Å². The van der Waals surface area contributed by atoms with Crippen LogP contribution >= 0.6 is 0 Å². The summed E-state index contributed by atoms with van der Waals surface area (Å²) in [5.74, 6) is -0.0347. The molecule has 0 amide bonds. The molecule has 0 radical (unpaired) electrons. The zero-order chi connectivity index (χ0) is 15.2. The van der Waals surface area contributed by atoms with Crippen LogP contribution in [0.2, 0.25) is 0 Å². The molecule has 2 aromatic carbocycles. The Balaban J connectivity index is 2.26. The lowest BCUT2D eigenvalue weighted by molar-refractivity contribution is 0.385. The van der Waals surface area contributed by atoms with Crippen LogP contribution in [0, 0.1) is 12.7 Å². The second-order valence-corrected chi connectivity index (χ2v) is 5.13. The first kappa shape index (κ1) is 15.5. The predicted octanol–water partition coefficient (Wildman–Crippen LogP) is 4.04. The minimum absolute atomic E-state index is 0.0940. The summed E-state index contributed by atoms with van der Waals surface area (Å²) in [7, 11) is 1.48. The summed E-state index contributed by atoms with van der Waals surface area (Å²) in [5.41, 5.74) is 3.48. The minimum Gasteiger partial charge on any atom is -0.494 e. The highest BCUT2D eigenvalue weighted by Crippen LogP contribution is 2.25. The van der Waals surface area contributed by atoms with E-state index in [-0.39, 0.29) is 17.6 Å². The van der Waals surface area contributed by atoms with Crippen molar-refractivity contribution in [1.29, 1.82) is 0 Å². The van der Waals surface area contributed by atoms with Gasteiger partial charge in [-0.05, 0) is 48.7 Å². The number of ether oxygens (including phenoxy) is 1. The Morgan fingerprint density at radius 2 is 1.95 bits per heavy atom. The number of rotatable bonds is 6. The summed E-state index contributed by atoms with van der Waals surface area (Å²) >= 11 is 0. The maximum atomic E-state index is 13.9. The van der Waals surface area contributed by atoms with Gasteiger partial charge in [0.15, 0.2) is 11.6 Å². The highest BCUT2D eigenvalue weighted by atomic mass is 19.1. The molecule has 0 saturated carbocycles. The van der Waals surface area contributed by atoms with Crippen LogP contribution in [0.4, 0.5) is 4.39 Å². The number of benzene rings is 2. The third-order valence-electron chi connectivity index (χ3n) is 3.71. The normalized spacial score (nSPS) is 12.2. The van der Waals surface area contributed by atoms with Crippen molar-refractivity contribution in [3.8, 4) is 5.75 Å². The first-order valence-corrected chi connectivity index (χ1v) is 7.27. The molecular formula is C18H22FNO. The van der Waals surface area contributed by atoms with Crippen LogP contribution in [0.25, 0.3) is 0 Å². The molecule has 1 atom stereocenters. The SMILES string of the molecule is CCNC(Cc1ccccc1C)c1ccc(OC)c(F)c1. The molecular weight excluding hydrogens is 265 g/mol. The molecule has 2 nitrogen and oxygen atoms in total. The molecule has 3 heteroatoms.